The molecule has 2 heterocycles. The van der Waals surface area contributed by atoms with E-state index in [0.29, 0.717) is 30.8 Å². The lowest BCUT2D eigenvalue weighted by Crippen LogP contribution is -2.55. The Morgan fingerprint density at radius 3 is 2.71 bits per heavy atom. The Labute approximate surface area is 147 Å². The number of carbonyl (C=O) groups is 2. The average molecular weight is 353 g/mol. The molecule has 0 bridgehead atoms. The van der Waals surface area contributed by atoms with E-state index in [0.717, 1.165) is 26.3 Å². The van der Waals surface area contributed by atoms with Crippen molar-refractivity contribution in [3.05, 3.63) is 22.4 Å². The molecule has 1 saturated heterocycles. The fourth-order valence-electron chi connectivity index (χ4n) is 2.63. The highest BCUT2D eigenvalue weighted by atomic mass is 32.1. The van der Waals surface area contributed by atoms with E-state index < -0.39 is 0 Å². The van der Waals surface area contributed by atoms with E-state index in [1.807, 2.05) is 11.4 Å². The molecule has 1 aliphatic rings. The van der Waals surface area contributed by atoms with Crippen LogP contribution in [0.25, 0.3) is 0 Å². The summed E-state index contributed by atoms with van der Waals surface area (Å²) in [6.45, 7) is 8.71. The molecule has 24 heavy (non-hydrogen) atoms. The van der Waals surface area contributed by atoms with Crippen molar-refractivity contribution in [2.24, 2.45) is 0 Å². The summed E-state index contributed by atoms with van der Waals surface area (Å²) in [6.07, 6.45) is 1.06. The Morgan fingerprint density at radius 2 is 2.04 bits per heavy atom. The molecule has 0 radical (unpaired) electrons. The molecule has 0 aliphatic carbocycles. The smallest absolute Gasteiger partial charge is 0.261 e. The van der Waals surface area contributed by atoms with Crippen molar-refractivity contribution in [2.45, 2.75) is 32.2 Å². The maximum atomic E-state index is 12.0. The van der Waals surface area contributed by atoms with Gasteiger partial charge in [-0.15, -0.1) is 11.3 Å². The minimum Gasteiger partial charge on any atom is -0.379 e. The Hall–Kier alpha value is -1.44. The summed E-state index contributed by atoms with van der Waals surface area (Å²) in [5.74, 6) is -0.0411. The number of hydrogen-bond donors (Lipinski definition) is 2. The zero-order chi connectivity index (χ0) is 17.4. The second kappa shape index (κ2) is 9.15. The Balaban J connectivity index is 1.60. The summed E-state index contributed by atoms with van der Waals surface area (Å²) < 4.78 is 5.37. The van der Waals surface area contributed by atoms with Gasteiger partial charge >= 0.3 is 0 Å². The van der Waals surface area contributed by atoms with Crippen molar-refractivity contribution >= 4 is 23.2 Å². The molecule has 0 atom stereocenters. The van der Waals surface area contributed by atoms with Crippen LogP contribution in [0.1, 0.15) is 36.4 Å². The van der Waals surface area contributed by atoms with Crippen LogP contribution in [0.5, 0.6) is 0 Å². The topological polar surface area (TPSA) is 70.7 Å². The summed E-state index contributed by atoms with van der Waals surface area (Å²) >= 11 is 1.41. The van der Waals surface area contributed by atoms with Crippen molar-refractivity contribution in [1.29, 1.82) is 0 Å². The van der Waals surface area contributed by atoms with E-state index in [1.165, 1.54) is 11.3 Å². The fourth-order valence-corrected chi connectivity index (χ4v) is 3.27. The number of nitrogens with zero attached hydrogens (tertiary/aromatic N) is 1. The number of rotatable bonds is 8. The van der Waals surface area contributed by atoms with Crippen LogP contribution in [0, 0.1) is 0 Å². The number of ether oxygens (including phenoxy) is 1. The molecule has 2 N–H and O–H groups in total. The van der Waals surface area contributed by atoms with Crippen molar-refractivity contribution in [3.63, 3.8) is 0 Å². The molecule has 7 heteroatoms. The van der Waals surface area contributed by atoms with E-state index in [-0.39, 0.29) is 17.4 Å². The standard InChI is InChI=1S/C17H27N3O3S/c1-17(2,20-8-10-23-11-9-20)13-19-15(21)6-3-7-18-16(22)14-5-4-12-24-14/h4-5,12H,3,6-11,13H2,1-2H3,(H,18,22)(H,19,21). The molecule has 1 aromatic rings. The second-order valence-electron chi connectivity index (χ2n) is 6.53. The predicted octanol–water partition coefficient (Wildman–Crippen LogP) is 1.49. The zero-order valence-corrected chi connectivity index (χ0v) is 15.3. The van der Waals surface area contributed by atoms with Crippen LogP contribution in [0.2, 0.25) is 0 Å². The van der Waals surface area contributed by atoms with Crippen molar-refractivity contribution in [3.8, 4) is 0 Å². The van der Waals surface area contributed by atoms with Gasteiger partial charge in [-0.2, -0.15) is 0 Å². The lowest BCUT2D eigenvalue weighted by molar-refractivity contribution is -0.122. The first-order valence-corrected chi connectivity index (χ1v) is 9.28. The van der Waals surface area contributed by atoms with Crippen molar-refractivity contribution in [1.82, 2.24) is 15.5 Å². The number of thiophene rings is 1. The largest absolute Gasteiger partial charge is 0.379 e. The van der Waals surface area contributed by atoms with Gasteiger partial charge in [0.15, 0.2) is 0 Å². The van der Waals surface area contributed by atoms with Gasteiger partial charge in [0.1, 0.15) is 0 Å². The van der Waals surface area contributed by atoms with Crippen LogP contribution in [0.3, 0.4) is 0 Å². The van der Waals surface area contributed by atoms with E-state index in [4.69, 9.17) is 4.74 Å². The van der Waals surface area contributed by atoms with Crippen molar-refractivity contribution < 1.29 is 14.3 Å². The summed E-state index contributed by atoms with van der Waals surface area (Å²) in [5, 5.41) is 7.71. The van der Waals surface area contributed by atoms with E-state index in [2.05, 4.69) is 29.4 Å². The van der Waals surface area contributed by atoms with Crippen LogP contribution in [-0.4, -0.2) is 61.6 Å². The van der Waals surface area contributed by atoms with Crippen LogP contribution in [0.15, 0.2) is 17.5 Å². The highest BCUT2D eigenvalue weighted by Crippen LogP contribution is 2.15. The minimum atomic E-state index is -0.0766. The molecule has 2 amide bonds. The highest BCUT2D eigenvalue weighted by Gasteiger charge is 2.28. The SMILES string of the molecule is CC(C)(CNC(=O)CCCNC(=O)c1cccs1)N1CCOCC1. The average Bonchev–Trinajstić information content (AvgIpc) is 3.12. The third-order valence-corrected chi connectivity index (χ3v) is 5.07. The maximum absolute atomic E-state index is 12.0. The van der Waals surface area contributed by atoms with Gasteiger partial charge in [0.2, 0.25) is 5.91 Å². The highest BCUT2D eigenvalue weighted by molar-refractivity contribution is 7.12. The Bertz CT molecular complexity index is 525. The molecule has 0 saturated carbocycles. The van der Waals surface area contributed by atoms with Gasteiger partial charge < -0.3 is 15.4 Å². The quantitative estimate of drug-likeness (QED) is 0.695. The molecular formula is C17H27N3O3S. The molecule has 0 unspecified atom stereocenters. The lowest BCUT2D eigenvalue weighted by Gasteiger charge is -2.40. The summed E-state index contributed by atoms with van der Waals surface area (Å²) in [7, 11) is 0. The molecule has 1 aromatic heterocycles. The van der Waals surface area contributed by atoms with E-state index in [1.54, 1.807) is 6.07 Å². The molecule has 0 spiro atoms. The predicted molar refractivity (Wildman–Crippen MR) is 95.4 cm³/mol. The molecule has 0 aromatic carbocycles. The normalized spacial score (nSPS) is 15.9. The van der Waals surface area contributed by atoms with Crippen LogP contribution in [-0.2, 0) is 9.53 Å². The van der Waals surface area contributed by atoms with Crippen molar-refractivity contribution in [2.75, 3.05) is 39.4 Å². The number of hydrogen-bond acceptors (Lipinski definition) is 5. The van der Waals surface area contributed by atoms with Crippen LogP contribution in [0.4, 0.5) is 0 Å². The molecule has 1 aliphatic heterocycles. The lowest BCUT2D eigenvalue weighted by atomic mass is 10.0. The van der Waals surface area contributed by atoms with E-state index >= 15 is 0 Å². The fraction of sp³-hybridized carbons (Fsp3) is 0.647. The van der Waals surface area contributed by atoms with E-state index in [9.17, 15) is 9.59 Å². The van der Waals surface area contributed by atoms with Gasteiger partial charge in [-0.3, -0.25) is 14.5 Å². The molecule has 6 nitrogen and oxygen atoms in total. The molecular weight excluding hydrogens is 326 g/mol. The van der Waals surface area contributed by atoms with Gasteiger partial charge in [0.05, 0.1) is 18.1 Å². The van der Waals surface area contributed by atoms with Crippen LogP contribution < -0.4 is 10.6 Å². The third-order valence-electron chi connectivity index (χ3n) is 4.20. The molecule has 1 fully saturated rings. The first kappa shape index (κ1) is 18.9. The monoisotopic (exact) mass is 353 g/mol. The first-order valence-electron chi connectivity index (χ1n) is 8.40. The zero-order valence-electron chi connectivity index (χ0n) is 14.5. The molecule has 2 rings (SSSR count). The van der Waals surface area contributed by atoms with Gasteiger partial charge in [-0.05, 0) is 31.7 Å². The summed E-state index contributed by atoms with van der Waals surface area (Å²) in [5.41, 5.74) is -0.0766. The number of amides is 2. The Morgan fingerprint density at radius 1 is 1.29 bits per heavy atom. The second-order valence-corrected chi connectivity index (χ2v) is 7.47. The maximum Gasteiger partial charge on any atom is 0.261 e. The van der Waals surface area contributed by atoms with Gasteiger partial charge in [-0.1, -0.05) is 6.07 Å². The third kappa shape index (κ3) is 5.89. The van der Waals surface area contributed by atoms with Gasteiger partial charge in [0.25, 0.3) is 5.91 Å². The first-order chi connectivity index (χ1) is 11.5. The summed E-state index contributed by atoms with van der Waals surface area (Å²) in [4.78, 5) is 26.8. The van der Waals surface area contributed by atoms with Gasteiger partial charge in [-0.25, -0.2) is 0 Å². The Kier molecular flexibility index (Phi) is 7.20. The molecule has 134 valence electrons. The number of carbonyl (C=O) groups excluding carboxylic acids is 2. The van der Waals surface area contributed by atoms with Gasteiger partial charge in [0, 0.05) is 38.1 Å². The van der Waals surface area contributed by atoms with Crippen LogP contribution >= 0.6 is 11.3 Å². The summed E-state index contributed by atoms with van der Waals surface area (Å²) in [6, 6.07) is 3.64. The number of morpholine rings is 1. The number of nitrogens with one attached hydrogen (secondary N) is 2. The minimum absolute atomic E-state index is 0.0294.